The Labute approximate surface area is 145 Å². The molecular formula is C18H19ClN2O3. The second kappa shape index (κ2) is 6.77. The molecule has 1 saturated heterocycles. The molecule has 0 radical (unpaired) electrons. The maximum Gasteiger partial charge on any atom is 0.233 e. The minimum atomic E-state index is -0.249. The van der Waals surface area contributed by atoms with E-state index in [-0.39, 0.29) is 42.5 Å². The first-order valence-electron chi connectivity index (χ1n) is 8.03. The van der Waals surface area contributed by atoms with Gasteiger partial charge in [-0.1, -0.05) is 29.8 Å². The largest absolute Gasteiger partial charge is 0.326 e. The first-order chi connectivity index (χ1) is 11.5. The number of aryl methyl sites for hydroxylation is 1. The Bertz CT molecular complexity index is 703. The smallest absolute Gasteiger partial charge is 0.233 e. The molecule has 2 aliphatic rings. The molecule has 0 spiro atoms. The summed E-state index contributed by atoms with van der Waals surface area (Å²) >= 11 is 6.03. The number of nitrogens with zero attached hydrogens (tertiary/aromatic N) is 1. The van der Waals surface area contributed by atoms with Gasteiger partial charge in [0, 0.05) is 23.7 Å². The average molecular weight is 347 g/mol. The van der Waals surface area contributed by atoms with Crippen molar-refractivity contribution >= 4 is 35.0 Å². The second-order valence-corrected chi connectivity index (χ2v) is 6.65. The first-order valence-corrected chi connectivity index (χ1v) is 8.41. The molecule has 5 nitrogen and oxygen atoms in total. The summed E-state index contributed by atoms with van der Waals surface area (Å²) in [6.07, 6.45) is 5.20. The fourth-order valence-electron chi connectivity index (χ4n) is 3.20. The van der Waals surface area contributed by atoms with Crippen LogP contribution in [0.3, 0.4) is 0 Å². The van der Waals surface area contributed by atoms with E-state index in [2.05, 4.69) is 5.32 Å². The number of allylic oxidation sites excluding steroid dienone is 2. The molecule has 1 N–H and O–H groups in total. The quantitative estimate of drug-likeness (QED) is 0.673. The highest BCUT2D eigenvalue weighted by molar-refractivity contribution is 6.31. The molecule has 3 amide bonds. The average Bonchev–Trinajstić information content (AvgIpc) is 2.81. The maximum atomic E-state index is 12.3. The number of rotatable bonds is 4. The summed E-state index contributed by atoms with van der Waals surface area (Å²) in [5, 5.41) is 3.32. The predicted molar refractivity (Wildman–Crippen MR) is 91.5 cm³/mol. The van der Waals surface area contributed by atoms with Gasteiger partial charge in [-0.05, 0) is 37.5 Å². The van der Waals surface area contributed by atoms with Gasteiger partial charge in [0.25, 0.3) is 0 Å². The third kappa shape index (κ3) is 3.22. The van der Waals surface area contributed by atoms with E-state index in [9.17, 15) is 14.4 Å². The lowest BCUT2D eigenvalue weighted by molar-refractivity contribution is -0.140. The van der Waals surface area contributed by atoms with Crippen molar-refractivity contribution in [3.8, 4) is 0 Å². The van der Waals surface area contributed by atoms with Crippen LogP contribution in [0.15, 0.2) is 30.4 Å². The molecule has 126 valence electrons. The monoisotopic (exact) mass is 346 g/mol. The lowest BCUT2D eigenvalue weighted by Crippen LogP contribution is -2.34. The number of anilines is 1. The zero-order chi connectivity index (χ0) is 17.3. The fourth-order valence-corrected chi connectivity index (χ4v) is 3.38. The highest BCUT2D eigenvalue weighted by Crippen LogP contribution is 2.35. The van der Waals surface area contributed by atoms with Crippen LogP contribution in [-0.4, -0.2) is 29.2 Å². The molecule has 1 heterocycles. The van der Waals surface area contributed by atoms with Gasteiger partial charge < -0.3 is 5.32 Å². The van der Waals surface area contributed by atoms with Gasteiger partial charge in [-0.3, -0.25) is 19.3 Å². The summed E-state index contributed by atoms with van der Waals surface area (Å²) in [4.78, 5) is 38.0. The fraction of sp³-hybridized carbons (Fsp3) is 0.389. The molecule has 1 aromatic carbocycles. The SMILES string of the molecule is Cc1ccc(NC(=O)CCN2C(=O)[C@@H]3CC=CC[C@H]3C2=O)cc1Cl. The Morgan fingerprint density at radius 1 is 1.21 bits per heavy atom. The normalized spacial score (nSPS) is 22.7. The standard InChI is InChI=1S/C18H19ClN2O3/c1-11-6-7-12(10-15(11)19)20-16(22)8-9-21-17(23)13-4-2-3-5-14(13)18(21)24/h2-3,6-7,10,13-14H,4-5,8-9H2,1H3,(H,20,22)/t13-,14-/m1/s1. The van der Waals surface area contributed by atoms with Crippen molar-refractivity contribution < 1.29 is 14.4 Å². The molecule has 3 rings (SSSR count). The molecule has 0 aromatic heterocycles. The van der Waals surface area contributed by atoms with Crippen LogP contribution < -0.4 is 5.32 Å². The number of imide groups is 1. The number of nitrogens with one attached hydrogen (secondary N) is 1. The summed E-state index contributed by atoms with van der Waals surface area (Å²) in [6, 6.07) is 5.27. The minimum Gasteiger partial charge on any atom is -0.326 e. The molecular weight excluding hydrogens is 328 g/mol. The molecule has 24 heavy (non-hydrogen) atoms. The van der Waals surface area contributed by atoms with Crippen LogP contribution in [0.1, 0.15) is 24.8 Å². The predicted octanol–water partition coefficient (Wildman–Crippen LogP) is 2.93. The van der Waals surface area contributed by atoms with Crippen molar-refractivity contribution in [3.05, 3.63) is 40.9 Å². The van der Waals surface area contributed by atoms with Gasteiger partial charge in [0.2, 0.25) is 17.7 Å². The van der Waals surface area contributed by atoms with Gasteiger partial charge in [0.15, 0.2) is 0 Å². The van der Waals surface area contributed by atoms with Gasteiger partial charge in [-0.25, -0.2) is 0 Å². The third-order valence-corrected chi connectivity index (χ3v) is 5.02. The highest BCUT2D eigenvalue weighted by atomic mass is 35.5. The number of carbonyl (C=O) groups is 3. The summed E-state index contributed by atoms with van der Waals surface area (Å²) < 4.78 is 0. The van der Waals surface area contributed by atoms with Crippen molar-refractivity contribution in [3.63, 3.8) is 0 Å². The van der Waals surface area contributed by atoms with Crippen LogP contribution in [0.4, 0.5) is 5.69 Å². The Kier molecular flexibility index (Phi) is 4.71. The Morgan fingerprint density at radius 2 is 1.83 bits per heavy atom. The third-order valence-electron chi connectivity index (χ3n) is 4.62. The van der Waals surface area contributed by atoms with Gasteiger partial charge in [-0.15, -0.1) is 0 Å². The number of fused-ring (bicyclic) bond motifs is 1. The molecule has 0 unspecified atom stereocenters. The van der Waals surface area contributed by atoms with Crippen molar-refractivity contribution in [2.45, 2.75) is 26.2 Å². The van der Waals surface area contributed by atoms with Crippen LogP contribution in [0.2, 0.25) is 5.02 Å². The molecule has 1 fully saturated rings. The zero-order valence-electron chi connectivity index (χ0n) is 13.4. The van der Waals surface area contributed by atoms with Crippen molar-refractivity contribution in [2.24, 2.45) is 11.8 Å². The maximum absolute atomic E-state index is 12.3. The number of carbonyl (C=O) groups excluding carboxylic acids is 3. The van der Waals surface area contributed by atoms with Crippen LogP contribution in [-0.2, 0) is 14.4 Å². The van der Waals surface area contributed by atoms with E-state index in [1.807, 2.05) is 25.1 Å². The minimum absolute atomic E-state index is 0.0792. The summed E-state index contributed by atoms with van der Waals surface area (Å²) in [6.45, 7) is 2.00. The van der Waals surface area contributed by atoms with Gasteiger partial charge in [0.05, 0.1) is 11.8 Å². The van der Waals surface area contributed by atoms with E-state index >= 15 is 0 Å². The van der Waals surface area contributed by atoms with E-state index < -0.39 is 0 Å². The van der Waals surface area contributed by atoms with Gasteiger partial charge in [0.1, 0.15) is 0 Å². The number of benzene rings is 1. The lowest BCUT2D eigenvalue weighted by Gasteiger charge is -2.14. The number of likely N-dealkylation sites (tertiary alicyclic amines) is 1. The summed E-state index contributed by atoms with van der Waals surface area (Å²) in [5.74, 6) is -1.05. The number of hydrogen-bond acceptors (Lipinski definition) is 3. The lowest BCUT2D eigenvalue weighted by atomic mass is 9.85. The first kappa shape index (κ1) is 16.7. The van der Waals surface area contributed by atoms with Crippen LogP contribution >= 0.6 is 11.6 Å². The second-order valence-electron chi connectivity index (χ2n) is 6.25. The van der Waals surface area contributed by atoms with E-state index in [1.54, 1.807) is 12.1 Å². The zero-order valence-corrected chi connectivity index (χ0v) is 14.2. The van der Waals surface area contributed by atoms with Crippen LogP contribution in [0, 0.1) is 18.8 Å². The molecule has 0 bridgehead atoms. The van der Waals surface area contributed by atoms with Crippen LogP contribution in [0.5, 0.6) is 0 Å². The topological polar surface area (TPSA) is 66.5 Å². The number of amides is 3. The van der Waals surface area contributed by atoms with Crippen molar-refractivity contribution in [1.29, 1.82) is 0 Å². The summed E-state index contributed by atoms with van der Waals surface area (Å²) in [5.41, 5.74) is 1.53. The molecule has 1 aromatic rings. The van der Waals surface area contributed by atoms with Gasteiger partial charge >= 0.3 is 0 Å². The van der Waals surface area contributed by atoms with E-state index in [0.717, 1.165) is 5.56 Å². The van der Waals surface area contributed by atoms with Gasteiger partial charge in [-0.2, -0.15) is 0 Å². The van der Waals surface area contributed by atoms with E-state index in [0.29, 0.717) is 23.6 Å². The van der Waals surface area contributed by atoms with Crippen molar-refractivity contribution in [1.82, 2.24) is 4.90 Å². The molecule has 6 heteroatoms. The molecule has 1 aliphatic heterocycles. The highest BCUT2D eigenvalue weighted by Gasteiger charge is 2.46. The Morgan fingerprint density at radius 3 is 2.42 bits per heavy atom. The van der Waals surface area contributed by atoms with Crippen LogP contribution in [0.25, 0.3) is 0 Å². The van der Waals surface area contributed by atoms with E-state index in [1.165, 1.54) is 4.90 Å². The number of halogens is 1. The number of hydrogen-bond donors (Lipinski definition) is 1. The Balaban J connectivity index is 1.57. The summed E-state index contributed by atoms with van der Waals surface area (Å²) in [7, 11) is 0. The molecule has 0 saturated carbocycles. The molecule has 2 atom stereocenters. The van der Waals surface area contributed by atoms with Crippen molar-refractivity contribution in [2.75, 3.05) is 11.9 Å². The van der Waals surface area contributed by atoms with E-state index in [4.69, 9.17) is 11.6 Å². The molecule has 1 aliphatic carbocycles. The Hall–Kier alpha value is -2.14.